The molecular weight excluding hydrogens is 352 g/mol. The Morgan fingerprint density at radius 2 is 1.85 bits per heavy atom. The third kappa shape index (κ3) is 3.15. The minimum atomic E-state index is -0.858. The Labute approximate surface area is 154 Å². The van der Waals surface area contributed by atoms with Gasteiger partial charge in [-0.25, -0.2) is 14.6 Å². The van der Waals surface area contributed by atoms with Gasteiger partial charge in [-0.1, -0.05) is 11.8 Å². The average molecular weight is 368 g/mol. The van der Waals surface area contributed by atoms with Gasteiger partial charge in [-0.05, 0) is 25.0 Å². The number of hydrogen-bond donors (Lipinski definition) is 4. The Morgan fingerprint density at radius 1 is 1.07 bits per heavy atom. The van der Waals surface area contributed by atoms with Crippen molar-refractivity contribution in [1.29, 1.82) is 0 Å². The summed E-state index contributed by atoms with van der Waals surface area (Å²) < 4.78 is 0. The lowest BCUT2D eigenvalue weighted by Crippen LogP contribution is -2.55. The molecule has 0 bridgehead atoms. The van der Waals surface area contributed by atoms with Gasteiger partial charge < -0.3 is 15.5 Å². The highest BCUT2D eigenvalue weighted by Gasteiger charge is 2.47. The van der Waals surface area contributed by atoms with Crippen molar-refractivity contribution in [3.05, 3.63) is 23.9 Å². The van der Waals surface area contributed by atoms with E-state index < -0.39 is 29.6 Å². The van der Waals surface area contributed by atoms with Crippen LogP contribution in [0.15, 0.2) is 18.3 Å². The Bertz CT molecular complexity index is 892. The third-order valence-electron chi connectivity index (χ3n) is 4.84. The molecule has 0 saturated carbocycles. The summed E-state index contributed by atoms with van der Waals surface area (Å²) in [5.74, 6) is 5.50. The van der Waals surface area contributed by atoms with E-state index in [1.165, 1.54) is 0 Å². The van der Waals surface area contributed by atoms with E-state index in [0.717, 1.165) is 5.82 Å². The number of aromatic nitrogens is 1. The number of carbonyl (C=O) groups is 4. The first-order valence-electron chi connectivity index (χ1n) is 8.43. The molecule has 3 saturated heterocycles. The zero-order chi connectivity index (χ0) is 19.0. The van der Waals surface area contributed by atoms with Crippen molar-refractivity contribution >= 4 is 29.7 Å². The van der Waals surface area contributed by atoms with Gasteiger partial charge in [0.25, 0.3) is 11.8 Å². The van der Waals surface area contributed by atoms with Crippen LogP contribution in [0, 0.1) is 11.8 Å². The summed E-state index contributed by atoms with van der Waals surface area (Å²) in [6.07, 6.45) is 2.60. The molecular formula is C17H16N6O4. The second kappa shape index (κ2) is 6.28. The number of piperidine rings is 1. The molecule has 0 radical (unpaired) electrons. The molecule has 1 spiro atoms. The summed E-state index contributed by atoms with van der Waals surface area (Å²) in [7, 11) is 0. The van der Waals surface area contributed by atoms with E-state index in [2.05, 4.69) is 38.1 Å². The number of anilines is 1. The van der Waals surface area contributed by atoms with Gasteiger partial charge in [-0.3, -0.25) is 20.2 Å². The number of nitrogens with zero attached hydrogens (tertiary/aromatic N) is 2. The molecule has 0 aliphatic carbocycles. The van der Waals surface area contributed by atoms with Crippen molar-refractivity contribution in [2.75, 3.05) is 18.0 Å². The van der Waals surface area contributed by atoms with E-state index in [1.54, 1.807) is 12.3 Å². The minimum absolute atomic E-state index is 0.270. The second-order valence-electron chi connectivity index (χ2n) is 6.55. The van der Waals surface area contributed by atoms with Gasteiger partial charge in [0.1, 0.15) is 11.4 Å². The summed E-state index contributed by atoms with van der Waals surface area (Å²) in [6.45, 7) is 1.17. The van der Waals surface area contributed by atoms with E-state index in [9.17, 15) is 19.2 Å². The highest BCUT2D eigenvalue weighted by atomic mass is 16.2. The molecule has 10 heteroatoms. The number of nitrogens with one attached hydrogen (secondary N) is 4. The number of imide groups is 2. The fourth-order valence-electron chi connectivity index (χ4n) is 3.32. The molecule has 4 rings (SSSR count). The number of urea groups is 2. The van der Waals surface area contributed by atoms with Gasteiger partial charge in [-0.2, -0.15) is 0 Å². The fraction of sp³-hybridized carbons (Fsp3) is 0.353. The highest BCUT2D eigenvalue weighted by molar-refractivity contribution is 6.07. The predicted octanol–water partition coefficient (Wildman–Crippen LogP) is -1.18. The van der Waals surface area contributed by atoms with Crippen LogP contribution < -0.4 is 26.2 Å². The highest BCUT2D eigenvalue weighted by Crippen LogP contribution is 2.27. The average Bonchev–Trinajstić information content (AvgIpc) is 3.11. The number of carbonyl (C=O) groups excluding carboxylic acids is 4. The SMILES string of the molecule is O=C1NC(=O)C(C#Cc2ccc(N3CCC4(CC3)NC(=O)NC4=O)nc2)N1. The van der Waals surface area contributed by atoms with Crippen LogP contribution >= 0.6 is 0 Å². The van der Waals surface area contributed by atoms with Crippen molar-refractivity contribution in [2.45, 2.75) is 24.4 Å². The van der Waals surface area contributed by atoms with Crippen molar-refractivity contribution in [2.24, 2.45) is 0 Å². The van der Waals surface area contributed by atoms with Crippen molar-refractivity contribution in [1.82, 2.24) is 26.3 Å². The molecule has 27 heavy (non-hydrogen) atoms. The molecule has 1 unspecified atom stereocenters. The largest absolute Gasteiger partial charge is 0.356 e. The van der Waals surface area contributed by atoms with E-state index in [0.29, 0.717) is 31.5 Å². The van der Waals surface area contributed by atoms with Crippen LogP contribution in [0.1, 0.15) is 18.4 Å². The standard InChI is InChI=1S/C17H16N6O4/c24-13-11(19-15(26)20-13)3-1-10-2-4-12(18-9-10)23-7-5-17(6-8-23)14(25)21-16(27)22-17/h2,4,9,11H,5-8H2,(H2,19,20,24,26)(H2,21,22,25,27). The maximum Gasteiger partial charge on any atom is 0.322 e. The molecule has 138 valence electrons. The molecule has 3 aliphatic heterocycles. The van der Waals surface area contributed by atoms with Gasteiger partial charge in [0.15, 0.2) is 6.04 Å². The topological polar surface area (TPSA) is 133 Å². The lowest BCUT2D eigenvalue weighted by Gasteiger charge is -2.37. The molecule has 3 aliphatic rings. The number of rotatable bonds is 1. The normalized spacial score (nSPS) is 23.3. The zero-order valence-corrected chi connectivity index (χ0v) is 14.2. The first kappa shape index (κ1) is 16.8. The van der Waals surface area contributed by atoms with Crippen LogP contribution in [0.4, 0.5) is 15.4 Å². The lowest BCUT2D eigenvalue weighted by molar-refractivity contribution is -0.124. The van der Waals surface area contributed by atoms with Gasteiger partial charge in [-0.15, -0.1) is 0 Å². The van der Waals surface area contributed by atoms with E-state index >= 15 is 0 Å². The van der Waals surface area contributed by atoms with E-state index in [1.807, 2.05) is 11.0 Å². The number of pyridine rings is 1. The Balaban J connectivity index is 1.39. The van der Waals surface area contributed by atoms with Crippen LogP contribution in [0.2, 0.25) is 0 Å². The van der Waals surface area contributed by atoms with Crippen LogP contribution in [-0.4, -0.2) is 53.5 Å². The maximum absolute atomic E-state index is 12.0. The first-order valence-corrected chi connectivity index (χ1v) is 8.43. The van der Waals surface area contributed by atoms with Crippen molar-refractivity contribution < 1.29 is 19.2 Å². The molecule has 3 fully saturated rings. The third-order valence-corrected chi connectivity index (χ3v) is 4.84. The Kier molecular flexibility index (Phi) is 3.92. The first-order chi connectivity index (χ1) is 12.9. The molecule has 1 aromatic heterocycles. The van der Waals surface area contributed by atoms with Crippen molar-refractivity contribution in [3.8, 4) is 11.8 Å². The molecule has 10 nitrogen and oxygen atoms in total. The van der Waals surface area contributed by atoms with Crippen LogP contribution in [0.25, 0.3) is 0 Å². The molecule has 4 heterocycles. The summed E-state index contributed by atoms with van der Waals surface area (Å²) >= 11 is 0. The van der Waals surface area contributed by atoms with Crippen LogP contribution in [0.5, 0.6) is 0 Å². The lowest BCUT2D eigenvalue weighted by atomic mass is 9.88. The molecule has 1 atom stereocenters. The monoisotopic (exact) mass is 368 g/mol. The van der Waals surface area contributed by atoms with E-state index in [4.69, 9.17) is 0 Å². The van der Waals surface area contributed by atoms with Crippen molar-refractivity contribution in [3.63, 3.8) is 0 Å². The van der Waals surface area contributed by atoms with Gasteiger partial charge in [0.2, 0.25) is 0 Å². The quantitative estimate of drug-likeness (QED) is 0.364. The number of hydrogen-bond acceptors (Lipinski definition) is 6. The summed E-state index contributed by atoms with van der Waals surface area (Å²) in [4.78, 5) is 52.3. The smallest absolute Gasteiger partial charge is 0.322 e. The zero-order valence-electron chi connectivity index (χ0n) is 14.2. The Morgan fingerprint density at radius 3 is 2.41 bits per heavy atom. The van der Waals surface area contributed by atoms with Crippen LogP contribution in [-0.2, 0) is 9.59 Å². The van der Waals surface area contributed by atoms with E-state index in [-0.39, 0.29) is 5.91 Å². The van der Waals surface area contributed by atoms with Gasteiger partial charge >= 0.3 is 12.1 Å². The fourth-order valence-corrected chi connectivity index (χ4v) is 3.32. The summed E-state index contributed by atoms with van der Waals surface area (Å²) in [5.41, 5.74) is -0.200. The predicted molar refractivity (Wildman–Crippen MR) is 92.4 cm³/mol. The van der Waals surface area contributed by atoms with Crippen LogP contribution in [0.3, 0.4) is 0 Å². The summed E-state index contributed by atoms with van der Waals surface area (Å²) in [5, 5.41) is 9.53. The molecule has 1 aromatic rings. The molecule has 0 aromatic carbocycles. The van der Waals surface area contributed by atoms with Gasteiger partial charge in [0, 0.05) is 24.8 Å². The number of amides is 6. The van der Waals surface area contributed by atoms with Gasteiger partial charge in [0.05, 0.1) is 0 Å². The maximum atomic E-state index is 12.0. The summed E-state index contributed by atoms with van der Waals surface area (Å²) in [6, 6.07) is 1.73. The molecule has 6 amide bonds. The molecule has 4 N–H and O–H groups in total. The minimum Gasteiger partial charge on any atom is -0.356 e. The second-order valence-corrected chi connectivity index (χ2v) is 6.55. The Hall–Kier alpha value is -3.61.